The second kappa shape index (κ2) is 7.90. The van der Waals surface area contributed by atoms with Gasteiger partial charge in [-0.05, 0) is 42.0 Å². The van der Waals surface area contributed by atoms with Crippen LogP contribution in [0.1, 0.15) is 15.9 Å². The largest absolute Gasteiger partial charge is 0.322 e. The van der Waals surface area contributed by atoms with E-state index < -0.39 is 0 Å². The Kier molecular flexibility index (Phi) is 5.65. The molecule has 0 aliphatic carbocycles. The van der Waals surface area contributed by atoms with Crippen molar-refractivity contribution in [3.8, 4) is 0 Å². The van der Waals surface area contributed by atoms with E-state index in [9.17, 15) is 4.79 Å². The van der Waals surface area contributed by atoms with E-state index in [-0.39, 0.29) is 5.91 Å². The molecule has 3 nitrogen and oxygen atoms in total. The number of nitrogens with zero attached hydrogens (tertiary/aromatic N) is 1. The summed E-state index contributed by atoms with van der Waals surface area (Å²) in [7, 11) is 0. The molecule has 0 radical (unpaired) electrons. The summed E-state index contributed by atoms with van der Waals surface area (Å²) in [5.74, 6) is 1.85. The first kappa shape index (κ1) is 16.4. The molecular formula is C17H15ClN2OS2. The summed E-state index contributed by atoms with van der Waals surface area (Å²) in [6.07, 6.45) is 0. The van der Waals surface area contributed by atoms with Crippen molar-refractivity contribution in [1.29, 1.82) is 0 Å². The molecule has 118 valence electrons. The number of aliphatic imine (C=N–C) groups is 1. The van der Waals surface area contributed by atoms with Crippen molar-refractivity contribution < 1.29 is 4.79 Å². The van der Waals surface area contributed by atoms with Crippen LogP contribution in [0.3, 0.4) is 0 Å². The highest BCUT2D eigenvalue weighted by Crippen LogP contribution is 2.25. The highest BCUT2D eigenvalue weighted by Gasteiger charge is 2.09. The lowest BCUT2D eigenvalue weighted by Crippen LogP contribution is -2.11. The molecule has 3 rings (SSSR count). The van der Waals surface area contributed by atoms with Gasteiger partial charge in [0, 0.05) is 27.8 Å². The quantitative estimate of drug-likeness (QED) is 0.838. The minimum Gasteiger partial charge on any atom is -0.322 e. The van der Waals surface area contributed by atoms with E-state index in [0.29, 0.717) is 10.6 Å². The predicted octanol–water partition coefficient (Wildman–Crippen LogP) is 4.93. The first-order valence-electron chi connectivity index (χ1n) is 7.16. The van der Waals surface area contributed by atoms with Crippen molar-refractivity contribution >= 4 is 51.1 Å². The average molecular weight is 363 g/mol. The van der Waals surface area contributed by atoms with Gasteiger partial charge >= 0.3 is 0 Å². The number of halogens is 1. The molecule has 0 fully saturated rings. The second-order valence-electron chi connectivity index (χ2n) is 4.94. The van der Waals surface area contributed by atoms with E-state index >= 15 is 0 Å². The number of carbonyl (C=O) groups excluding carboxylic acids is 1. The Morgan fingerprint density at radius 3 is 2.57 bits per heavy atom. The van der Waals surface area contributed by atoms with E-state index in [1.807, 2.05) is 36.0 Å². The number of rotatable bonds is 4. The van der Waals surface area contributed by atoms with Crippen LogP contribution < -0.4 is 5.32 Å². The highest BCUT2D eigenvalue weighted by molar-refractivity contribution is 8.38. The Labute approximate surface area is 148 Å². The second-order valence-corrected chi connectivity index (χ2v) is 7.69. The number of anilines is 1. The predicted molar refractivity (Wildman–Crippen MR) is 102 cm³/mol. The third kappa shape index (κ3) is 4.77. The van der Waals surface area contributed by atoms with Crippen LogP contribution in [-0.2, 0) is 5.75 Å². The normalized spacial score (nSPS) is 13.7. The van der Waals surface area contributed by atoms with Gasteiger partial charge in [-0.3, -0.25) is 9.79 Å². The van der Waals surface area contributed by atoms with Crippen molar-refractivity contribution in [2.24, 2.45) is 4.99 Å². The molecule has 1 heterocycles. The minimum atomic E-state index is -0.123. The van der Waals surface area contributed by atoms with Crippen LogP contribution in [0.2, 0.25) is 5.02 Å². The first-order valence-corrected chi connectivity index (χ1v) is 9.51. The molecule has 6 heteroatoms. The molecule has 1 N–H and O–H groups in total. The summed E-state index contributed by atoms with van der Waals surface area (Å²) in [4.78, 5) is 16.6. The zero-order chi connectivity index (χ0) is 16.1. The van der Waals surface area contributed by atoms with Crippen LogP contribution in [0, 0.1) is 0 Å². The SMILES string of the molecule is O=C(Nc1ccc(Cl)cc1)c1ccc(CSC2=NCCS2)cc1. The maximum absolute atomic E-state index is 12.2. The number of hydrogen-bond acceptors (Lipinski definition) is 4. The molecule has 23 heavy (non-hydrogen) atoms. The van der Waals surface area contributed by atoms with Gasteiger partial charge < -0.3 is 5.32 Å². The molecule has 0 bridgehead atoms. The van der Waals surface area contributed by atoms with Crippen molar-refractivity contribution in [1.82, 2.24) is 0 Å². The fourth-order valence-corrected chi connectivity index (χ4v) is 4.13. The molecule has 1 amide bonds. The molecule has 2 aromatic carbocycles. The van der Waals surface area contributed by atoms with Crippen molar-refractivity contribution in [2.75, 3.05) is 17.6 Å². The molecule has 0 spiro atoms. The van der Waals surface area contributed by atoms with Gasteiger partial charge in [0.2, 0.25) is 0 Å². The maximum atomic E-state index is 12.2. The molecule has 0 unspecified atom stereocenters. The van der Waals surface area contributed by atoms with E-state index in [1.165, 1.54) is 5.56 Å². The molecule has 0 aromatic heterocycles. The summed E-state index contributed by atoms with van der Waals surface area (Å²) in [5.41, 5.74) is 2.56. The fourth-order valence-electron chi connectivity index (χ4n) is 2.04. The lowest BCUT2D eigenvalue weighted by molar-refractivity contribution is 0.102. The van der Waals surface area contributed by atoms with Crippen molar-refractivity contribution in [2.45, 2.75) is 5.75 Å². The summed E-state index contributed by atoms with van der Waals surface area (Å²) in [5, 5.41) is 3.50. The third-order valence-electron chi connectivity index (χ3n) is 3.24. The molecule has 2 aromatic rings. The summed E-state index contributed by atoms with van der Waals surface area (Å²) in [6.45, 7) is 0.927. The lowest BCUT2D eigenvalue weighted by Gasteiger charge is -2.06. The highest BCUT2D eigenvalue weighted by atomic mass is 35.5. The van der Waals surface area contributed by atoms with Crippen molar-refractivity contribution in [3.63, 3.8) is 0 Å². The Bertz CT molecular complexity index is 714. The monoisotopic (exact) mass is 362 g/mol. The molecule has 1 aliphatic heterocycles. The number of benzene rings is 2. The Hall–Kier alpha value is -1.43. The molecular weight excluding hydrogens is 348 g/mol. The van der Waals surface area contributed by atoms with Gasteiger partial charge in [-0.25, -0.2) is 0 Å². The zero-order valence-corrected chi connectivity index (χ0v) is 14.7. The van der Waals surface area contributed by atoms with Gasteiger partial charge in [0.25, 0.3) is 5.91 Å². The topological polar surface area (TPSA) is 41.5 Å². The van der Waals surface area contributed by atoms with Crippen LogP contribution in [0.4, 0.5) is 5.69 Å². The number of thioether (sulfide) groups is 2. The van der Waals surface area contributed by atoms with E-state index in [4.69, 9.17) is 11.6 Å². The summed E-state index contributed by atoms with van der Waals surface area (Å²) < 4.78 is 1.16. The minimum absolute atomic E-state index is 0.123. The lowest BCUT2D eigenvalue weighted by atomic mass is 10.1. The zero-order valence-electron chi connectivity index (χ0n) is 12.3. The van der Waals surface area contributed by atoms with Crippen LogP contribution >= 0.6 is 35.1 Å². The maximum Gasteiger partial charge on any atom is 0.255 e. The fraction of sp³-hybridized carbons (Fsp3) is 0.176. The summed E-state index contributed by atoms with van der Waals surface area (Å²) in [6, 6.07) is 14.8. The van der Waals surface area contributed by atoms with Gasteiger partial charge in [0.15, 0.2) is 0 Å². The van der Waals surface area contributed by atoms with Crippen LogP contribution in [0.15, 0.2) is 53.5 Å². The van der Waals surface area contributed by atoms with E-state index in [2.05, 4.69) is 10.3 Å². The standard InChI is InChI=1S/C17H15ClN2OS2/c18-14-5-7-15(8-6-14)20-16(21)13-3-1-12(2-4-13)11-23-17-19-9-10-22-17/h1-8H,9-11H2,(H,20,21). The number of amides is 1. The van der Waals surface area contributed by atoms with Crippen LogP contribution in [-0.4, -0.2) is 22.6 Å². The third-order valence-corrected chi connectivity index (χ3v) is 5.81. The molecule has 1 aliphatic rings. The number of hydrogen-bond donors (Lipinski definition) is 1. The van der Waals surface area contributed by atoms with Gasteiger partial charge in [0.05, 0.1) is 6.54 Å². The molecule has 0 saturated heterocycles. The van der Waals surface area contributed by atoms with Crippen LogP contribution in [0.25, 0.3) is 0 Å². The van der Waals surface area contributed by atoms with Gasteiger partial charge in [-0.2, -0.15) is 0 Å². The Balaban J connectivity index is 1.57. The number of carbonyl (C=O) groups is 1. The first-order chi connectivity index (χ1) is 11.2. The average Bonchev–Trinajstić information content (AvgIpc) is 3.09. The Morgan fingerprint density at radius 1 is 1.17 bits per heavy atom. The smallest absolute Gasteiger partial charge is 0.255 e. The van der Waals surface area contributed by atoms with Gasteiger partial charge in [-0.1, -0.05) is 47.3 Å². The van der Waals surface area contributed by atoms with Gasteiger partial charge in [-0.15, -0.1) is 0 Å². The van der Waals surface area contributed by atoms with Crippen molar-refractivity contribution in [3.05, 3.63) is 64.7 Å². The molecule has 0 atom stereocenters. The van der Waals surface area contributed by atoms with E-state index in [1.54, 1.807) is 36.0 Å². The van der Waals surface area contributed by atoms with Gasteiger partial charge in [0.1, 0.15) is 4.38 Å². The van der Waals surface area contributed by atoms with Crippen LogP contribution in [0.5, 0.6) is 0 Å². The van der Waals surface area contributed by atoms with E-state index in [0.717, 1.165) is 28.1 Å². The summed E-state index contributed by atoms with van der Waals surface area (Å²) >= 11 is 9.40. The molecule has 0 saturated carbocycles. The number of nitrogens with one attached hydrogen (secondary N) is 1. The Morgan fingerprint density at radius 2 is 1.91 bits per heavy atom.